The minimum atomic E-state index is -0.805. The minimum absolute atomic E-state index is 0.151. The van der Waals surface area contributed by atoms with E-state index >= 15 is 0 Å². The maximum atomic E-state index is 11.6. The Balaban J connectivity index is 3.72. The van der Waals surface area contributed by atoms with E-state index in [1.165, 1.54) is 0 Å². The molecule has 0 heterocycles. The lowest BCUT2D eigenvalue weighted by Crippen LogP contribution is -2.38. The summed E-state index contributed by atoms with van der Waals surface area (Å²) >= 11 is 0. The van der Waals surface area contributed by atoms with Gasteiger partial charge in [0.25, 0.3) is 0 Å². The second kappa shape index (κ2) is 10.2. The second-order valence-electron chi connectivity index (χ2n) is 6.23. The molecule has 0 aliphatic rings. The second-order valence-corrected chi connectivity index (χ2v) is 6.23. The highest BCUT2D eigenvalue weighted by Gasteiger charge is 2.22. The fourth-order valence-electron chi connectivity index (χ4n) is 1.68. The number of carboxylic acid groups (broad SMARTS) is 1. The van der Waals surface area contributed by atoms with Crippen molar-refractivity contribution in [2.24, 2.45) is 5.73 Å². The van der Waals surface area contributed by atoms with Gasteiger partial charge < -0.3 is 20.9 Å². The van der Waals surface area contributed by atoms with Crippen LogP contribution in [0.25, 0.3) is 0 Å². The van der Waals surface area contributed by atoms with Gasteiger partial charge >= 0.3 is 11.9 Å². The van der Waals surface area contributed by atoms with Crippen LogP contribution in [0.4, 0.5) is 0 Å². The van der Waals surface area contributed by atoms with E-state index in [-0.39, 0.29) is 25.2 Å². The van der Waals surface area contributed by atoms with Crippen molar-refractivity contribution in [3.8, 4) is 0 Å². The molecule has 0 saturated carbocycles. The third-order valence-corrected chi connectivity index (χ3v) is 2.78. The van der Waals surface area contributed by atoms with E-state index in [0.717, 1.165) is 12.8 Å². The van der Waals surface area contributed by atoms with E-state index < -0.39 is 23.6 Å². The largest absolute Gasteiger partial charge is 0.481 e. The number of nitrogens with two attached hydrogens (primary N) is 1. The molecule has 0 spiro atoms. The molecule has 0 aromatic carbocycles. The van der Waals surface area contributed by atoms with Crippen molar-refractivity contribution in [1.82, 2.24) is 5.32 Å². The first-order valence-corrected chi connectivity index (χ1v) is 7.59. The molecule has 22 heavy (non-hydrogen) atoms. The summed E-state index contributed by atoms with van der Waals surface area (Å²) in [5, 5.41) is 11.2. The van der Waals surface area contributed by atoms with Crippen molar-refractivity contribution in [2.75, 3.05) is 6.54 Å². The maximum absolute atomic E-state index is 11.6. The van der Waals surface area contributed by atoms with Crippen molar-refractivity contribution in [2.45, 2.75) is 70.9 Å². The van der Waals surface area contributed by atoms with E-state index in [2.05, 4.69) is 5.32 Å². The zero-order valence-corrected chi connectivity index (χ0v) is 13.7. The highest BCUT2D eigenvalue weighted by Crippen LogP contribution is 2.09. The fraction of sp³-hybridized carbons (Fsp3) is 0.800. The SMILES string of the molecule is CC(C)(C)OC(=O)[C@@H](N)CCC(=O)NCCCCCC(=O)O. The number of unbranched alkanes of at least 4 members (excludes halogenated alkanes) is 2. The normalized spacial score (nSPS) is 12.5. The van der Waals surface area contributed by atoms with Gasteiger partial charge in [0, 0.05) is 19.4 Å². The van der Waals surface area contributed by atoms with Crippen LogP contribution in [0, 0.1) is 0 Å². The summed E-state index contributed by atoms with van der Waals surface area (Å²) < 4.78 is 5.13. The van der Waals surface area contributed by atoms with Crippen molar-refractivity contribution in [3.63, 3.8) is 0 Å². The van der Waals surface area contributed by atoms with Gasteiger partial charge in [-0.15, -0.1) is 0 Å². The molecule has 0 radical (unpaired) electrons. The van der Waals surface area contributed by atoms with Crippen molar-refractivity contribution >= 4 is 17.8 Å². The summed E-state index contributed by atoms with van der Waals surface area (Å²) in [6, 6.07) is -0.805. The first-order chi connectivity index (χ1) is 10.1. The number of ether oxygens (including phenoxy) is 1. The molecule has 128 valence electrons. The van der Waals surface area contributed by atoms with Gasteiger partial charge in [-0.1, -0.05) is 6.42 Å². The van der Waals surface area contributed by atoms with E-state index in [1.807, 2.05) is 0 Å². The molecule has 0 aliphatic carbocycles. The van der Waals surface area contributed by atoms with Crippen LogP contribution in [0.1, 0.15) is 59.3 Å². The molecule has 1 amide bonds. The smallest absolute Gasteiger partial charge is 0.323 e. The van der Waals surface area contributed by atoms with Gasteiger partial charge in [0.05, 0.1) is 0 Å². The standard InChI is InChI=1S/C15H28N2O5/c1-15(2,3)22-14(21)11(16)8-9-12(18)17-10-6-4-5-7-13(19)20/h11H,4-10,16H2,1-3H3,(H,17,18)(H,19,20)/t11-/m0/s1. The lowest BCUT2D eigenvalue weighted by Gasteiger charge is -2.22. The third-order valence-electron chi connectivity index (χ3n) is 2.78. The number of carbonyl (C=O) groups excluding carboxylic acids is 2. The Kier molecular flexibility index (Phi) is 9.40. The predicted octanol–water partition coefficient (Wildman–Crippen LogP) is 1.20. The first kappa shape index (κ1) is 20.4. The van der Waals surface area contributed by atoms with Crippen LogP contribution in [0.3, 0.4) is 0 Å². The Morgan fingerprint density at radius 3 is 2.32 bits per heavy atom. The summed E-state index contributed by atoms with van der Waals surface area (Å²) in [7, 11) is 0. The molecule has 0 aromatic rings. The zero-order valence-electron chi connectivity index (χ0n) is 13.7. The number of nitrogens with one attached hydrogen (secondary N) is 1. The van der Waals surface area contributed by atoms with Crippen LogP contribution < -0.4 is 11.1 Å². The number of esters is 1. The molecule has 0 aromatic heterocycles. The lowest BCUT2D eigenvalue weighted by atomic mass is 10.1. The number of amides is 1. The van der Waals surface area contributed by atoms with E-state index in [0.29, 0.717) is 13.0 Å². The number of carboxylic acids is 1. The Hall–Kier alpha value is -1.63. The molecule has 4 N–H and O–H groups in total. The minimum Gasteiger partial charge on any atom is -0.481 e. The molecule has 0 rings (SSSR count). The Labute approximate surface area is 131 Å². The molecule has 0 aliphatic heterocycles. The van der Waals surface area contributed by atoms with Crippen molar-refractivity contribution in [1.29, 1.82) is 0 Å². The van der Waals surface area contributed by atoms with Crippen LogP contribution in [-0.2, 0) is 19.1 Å². The van der Waals surface area contributed by atoms with Crippen molar-refractivity contribution in [3.05, 3.63) is 0 Å². The van der Waals surface area contributed by atoms with Crippen LogP contribution in [-0.4, -0.2) is 41.1 Å². The molecular formula is C15H28N2O5. The summed E-state index contributed by atoms with van der Waals surface area (Å²) in [5.74, 6) is -1.48. The molecule has 0 bridgehead atoms. The Morgan fingerprint density at radius 2 is 1.77 bits per heavy atom. The monoisotopic (exact) mass is 316 g/mol. The Morgan fingerprint density at radius 1 is 1.14 bits per heavy atom. The summed E-state index contributed by atoms with van der Waals surface area (Å²) in [6.45, 7) is 5.78. The van der Waals surface area contributed by atoms with Crippen LogP contribution in [0.5, 0.6) is 0 Å². The number of rotatable bonds is 10. The molecule has 0 unspecified atom stereocenters. The molecular weight excluding hydrogens is 288 g/mol. The van der Waals surface area contributed by atoms with Crippen molar-refractivity contribution < 1.29 is 24.2 Å². The Bertz CT molecular complexity index is 377. The molecule has 0 saturated heterocycles. The lowest BCUT2D eigenvalue weighted by molar-refractivity contribution is -0.156. The first-order valence-electron chi connectivity index (χ1n) is 7.59. The van der Waals surface area contributed by atoms with Crippen LogP contribution in [0.2, 0.25) is 0 Å². The number of hydrogen-bond donors (Lipinski definition) is 3. The van der Waals surface area contributed by atoms with E-state index in [1.54, 1.807) is 20.8 Å². The van der Waals surface area contributed by atoms with Gasteiger partial charge in [0.1, 0.15) is 11.6 Å². The molecule has 7 nitrogen and oxygen atoms in total. The number of hydrogen-bond acceptors (Lipinski definition) is 5. The van der Waals surface area contributed by atoms with E-state index in [9.17, 15) is 14.4 Å². The summed E-state index contributed by atoms with van der Waals surface area (Å²) in [5.41, 5.74) is 5.09. The highest BCUT2D eigenvalue weighted by atomic mass is 16.6. The third kappa shape index (κ3) is 12.1. The number of aliphatic carboxylic acids is 1. The topological polar surface area (TPSA) is 119 Å². The zero-order chi connectivity index (χ0) is 17.2. The quantitative estimate of drug-likeness (QED) is 0.411. The van der Waals surface area contributed by atoms with E-state index in [4.69, 9.17) is 15.6 Å². The van der Waals surface area contributed by atoms with Crippen LogP contribution >= 0.6 is 0 Å². The molecule has 1 atom stereocenters. The highest BCUT2D eigenvalue weighted by molar-refractivity contribution is 5.79. The average molecular weight is 316 g/mol. The maximum Gasteiger partial charge on any atom is 0.323 e. The van der Waals surface area contributed by atoms with Gasteiger partial charge in [-0.3, -0.25) is 14.4 Å². The van der Waals surface area contributed by atoms with Gasteiger partial charge in [0.15, 0.2) is 0 Å². The molecule has 0 fully saturated rings. The molecule has 7 heteroatoms. The van der Waals surface area contributed by atoms with Gasteiger partial charge in [0.2, 0.25) is 5.91 Å². The van der Waals surface area contributed by atoms with Gasteiger partial charge in [-0.2, -0.15) is 0 Å². The fourth-order valence-corrected chi connectivity index (χ4v) is 1.68. The summed E-state index contributed by atoms with van der Waals surface area (Å²) in [4.78, 5) is 33.5. The predicted molar refractivity (Wildman–Crippen MR) is 82.2 cm³/mol. The van der Waals surface area contributed by atoms with Crippen LogP contribution in [0.15, 0.2) is 0 Å². The average Bonchev–Trinajstić information content (AvgIpc) is 2.37. The summed E-state index contributed by atoms with van der Waals surface area (Å²) in [6.07, 6.45) is 2.64. The van der Waals surface area contributed by atoms with Gasteiger partial charge in [-0.05, 0) is 40.0 Å². The number of carbonyl (C=O) groups is 3. The van der Waals surface area contributed by atoms with Gasteiger partial charge in [-0.25, -0.2) is 0 Å².